The Morgan fingerprint density at radius 3 is 2.47 bits per heavy atom. The van der Waals surface area contributed by atoms with E-state index < -0.39 is 12.1 Å². The number of methoxy groups -OCH3 is 1. The summed E-state index contributed by atoms with van der Waals surface area (Å²) in [7, 11) is 1.63. The molecule has 34 heavy (non-hydrogen) atoms. The number of aliphatic hydroxyl groups excluding tert-OH is 1. The molecule has 0 aliphatic carbocycles. The van der Waals surface area contributed by atoms with Crippen LogP contribution in [0.5, 0.6) is 5.75 Å². The zero-order valence-electron chi connectivity index (χ0n) is 20.0. The highest BCUT2D eigenvalue weighted by Crippen LogP contribution is 2.13. The van der Waals surface area contributed by atoms with Crippen LogP contribution in [0.4, 0.5) is 0 Å². The Balaban J connectivity index is 1.52. The normalized spacial score (nSPS) is 15.4. The van der Waals surface area contributed by atoms with Gasteiger partial charge in [-0.1, -0.05) is 42.5 Å². The van der Waals surface area contributed by atoms with Crippen LogP contribution in [0, 0.1) is 0 Å². The van der Waals surface area contributed by atoms with Crippen LogP contribution in [0.1, 0.15) is 43.2 Å². The number of carbonyl (C=O) groups is 2. The van der Waals surface area contributed by atoms with Gasteiger partial charge in [-0.2, -0.15) is 0 Å². The molecule has 2 atom stereocenters. The number of nitrogens with one attached hydrogen (secondary N) is 2. The third-order valence-corrected chi connectivity index (χ3v) is 6.20. The van der Waals surface area contributed by atoms with Crippen LogP contribution in [0.15, 0.2) is 54.6 Å². The fourth-order valence-corrected chi connectivity index (χ4v) is 4.24. The summed E-state index contributed by atoms with van der Waals surface area (Å²) in [5.74, 6) is 0.612. The molecule has 0 spiro atoms. The first-order valence-corrected chi connectivity index (χ1v) is 12.2. The summed E-state index contributed by atoms with van der Waals surface area (Å²) in [6, 6.07) is 17.1. The zero-order valence-corrected chi connectivity index (χ0v) is 20.0. The molecule has 1 aliphatic rings. The minimum atomic E-state index is -0.785. The first-order valence-electron chi connectivity index (χ1n) is 12.2. The van der Waals surface area contributed by atoms with Gasteiger partial charge in [0.1, 0.15) is 5.75 Å². The molecule has 1 aliphatic heterocycles. The second-order valence-corrected chi connectivity index (χ2v) is 8.85. The number of benzene rings is 2. The fraction of sp³-hybridized carbons (Fsp3) is 0.481. The molecular formula is C27H37N3O4. The van der Waals surface area contributed by atoms with Crippen molar-refractivity contribution in [2.75, 3.05) is 26.7 Å². The highest BCUT2D eigenvalue weighted by Gasteiger charge is 2.23. The van der Waals surface area contributed by atoms with E-state index in [0.717, 1.165) is 49.2 Å². The standard InChI is InChI=1S/C27H37N3O4/c1-34-23-12-8-11-22(17-23)19-28-20-25(31)24(18-21-9-4-2-5-10-21)29-26(32)13-14-27(33)30-15-6-3-7-16-30/h2,4-5,8-12,17,24-25,28,31H,3,6-7,13-16,18-20H2,1H3,(H,29,32). The van der Waals surface area contributed by atoms with Crippen molar-refractivity contribution in [3.63, 3.8) is 0 Å². The highest BCUT2D eigenvalue weighted by atomic mass is 16.5. The lowest BCUT2D eigenvalue weighted by Crippen LogP contribution is -2.48. The maximum absolute atomic E-state index is 12.7. The van der Waals surface area contributed by atoms with Gasteiger partial charge in [0.2, 0.25) is 11.8 Å². The number of amides is 2. The number of ether oxygens (including phenoxy) is 1. The van der Waals surface area contributed by atoms with Crippen molar-refractivity contribution in [3.8, 4) is 5.75 Å². The molecule has 2 amide bonds. The number of nitrogens with zero attached hydrogens (tertiary/aromatic N) is 1. The summed E-state index contributed by atoms with van der Waals surface area (Å²) in [5.41, 5.74) is 2.08. The van der Waals surface area contributed by atoms with Gasteiger partial charge in [-0.3, -0.25) is 9.59 Å². The third kappa shape index (κ3) is 8.47. The first-order chi connectivity index (χ1) is 16.5. The summed E-state index contributed by atoms with van der Waals surface area (Å²) < 4.78 is 5.26. The molecule has 7 nitrogen and oxygen atoms in total. The van der Waals surface area contributed by atoms with E-state index in [0.29, 0.717) is 19.5 Å². The molecule has 184 valence electrons. The molecule has 1 fully saturated rings. The molecule has 7 heteroatoms. The van der Waals surface area contributed by atoms with Crippen molar-refractivity contribution in [2.24, 2.45) is 0 Å². The predicted molar refractivity (Wildman–Crippen MR) is 132 cm³/mol. The van der Waals surface area contributed by atoms with Crippen LogP contribution < -0.4 is 15.4 Å². The fourth-order valence-electron chi connectivity index (χ4n) is 4.24. The van der Waals surface area contributed by atoms with Crippen LogP contribution in [0.25, 0.3) is 0 Å². The van der Waals surface area contributed by atoms with Crippen molar-refractivity contribution in [3.05, 3.63) is 65.7 Å². The van der Waals surface area contributed by atoms with Gasteiger partial charge in [0.05, 0.1) is 19.3 Å². The largest absolute Gasteiger partial charge is 0.497 e. The van der Waals surface area contributed by atoms with Crippen molar-refractivity contribution < 1.29 is 19.4 Å². The Bertz CT molecular complexity index is 900. The molecule has 0 bridgehead atoms. The van der Waals surface area contributed by atoms with E-state index in [4.69, 9.17) is 4.74 Å². The maximum atomic E-state index is 12.7. The van der Waals surface area contributed by atoms with Gasteiger partial charge < -0.3 is 25.4 Å². The van der Waals surface area contributed by atoms with Gasteiger partial charge >= 0.3 is 0 Å². The van der Waals surface area contributed by atoms with Gasteiger partial charge in [0.15, 0.2) is 0 Å². The van der Waals surface area contributed by atoms with E-state index in [-0.39, 0.29) is 24.7 Å². The smallest absolute Gasteiger partial charge is 0.223 e. The van der Waals surface area contributed by atoms with Crippen LogP contribution in [0.3, 0.4) is 0 Å². The Morgan fingerprint density at radius 1 is 1.00 bits per heavy atom. The van der Waals surface area contributed by atoms with E-state index in [1.54, 1.807) is 7.11 Å². The Labute approximate surface area is 202 Å². The summed E-state index contributed by atoms with van der Waals surface area (Å²) in [4.78, 5) is 26.9. The lowest BCUT2D eigenvalue weighted by Gasteiger charge is -2.27. The van der Waals surface area contributed by atoms with E-state index in [1.807, 2.05) is 59.5 Å². The van der Waals surface area contributed by atoms with Crippen LogP contribution >= 0.6 is 0 Å². The van der Waals surface area contributed by atoms with E-state index in [9.17, 15) is 14.7 Å². The second-order valence-electron chi connectivity index (χ2n) is 8.85. The zero-order chi connectivity index (χ0) is 24.2. The second kappa shape index (κ2) is 13.7. The van der Waals surface area contributed by atoms with Crippen molar-refractivity contribution in [1.82, 2.24) is 15.5 Å². The van der Waals surface area contributed by atoms with E-state index >= 15 is 0 Å². The van der Waals surface area contributed by atoms with Gasteiger partial charge in [-0.15, -0.1) is 0 Å². The SMILES string of the molecule is COc1cccc(CNCC(O)C(Cc2ccccc2)NC(=O)CCC(=O)N2CCCCC2)c1. The van der Waals surface area contributed by atoms with Crippen LogP contribution in [-0.2, 0) is 22.6 Å². The lowest BCUT2D eigenvalue weighted by atomic mass is 10.0. The van der Waals surface area contributed by atoms with Gasteiger partial charge in [-0.25, -0.2) is 0 Å². The van der Waals surface area contributed by atoms with E-state index in [2.05, 4.69) is 10.6 Å². The lowest BCUT2D eigenvalue weighted by molar-refractivity contribution is -0.134. The predicted octanol–water partition coefficient (Wildman–Crippen LogP) is 2.67. The molecule has 2 unspecified atom stereocenters. The minimum Gasteiger partial charge on any atom is -0.497 e. The minimum absolute atomic E-state index is 0.0370. The highest BCUT2D eigenvalue weighted by molar-refractivity contribution is 5.84. The number of rotatable bonds is 12. The molecule has 1 saturated heterocycles. The Hall–Kier alpha value is -2.90. The molecular weight excluding hydrogens is 430 g/mol. The number of carbonyl (C=O) groups excluding carboxylic acids is 2. The summed E-state index contributed by atoms with van der Waals surface area (Å²) in [5, 5.41) is 17.1. The molecule has 0 aromatic heterocycles. The Kier molecular flexibility index (Phi) is 10.4. The quantitative estimate of drug-likeness (QED) is 0.447. The number of likely N-dealkylation sites (tertiary alicyclic amines) is 1. The van der Waals surface area contributed by atoms with Crippen molar-refractivity contribution >= 4 is 11.8 Å². The van der Waals surface area contributed by atoms with Gasteiger partial charge in [-0.05, 0) is 48.9 Å². The van der Waals surface area contributed by atoms with Crippen molar-refractivity contribution in [1.29, 1.82) is 0 Å². The van der Waals surface area contributed by atoms with Gasteiger partial charge in [0, 0.05) is 39.0 Å². The maximum Gasteiger partial charge on any atom is 0.223 e. The number of hydrogen-bond donors (Lipinski definition) is 3. The van der Waals surface area contributed by atoms with Crippen molar-refractivity contribution in [2.45, 2.75) is 57.2 Å². The summed E-state index contributed by atoms with van der Waals surface area (Å²) in [6.07, 6.45) is 3.29. The Morgan fingerprint density at radius 2 is 1.74 bits per heavy atom. The van der Waals surface area contributed by atoms with Crippen LogP contribution in [0.2, 0.25) is 0 Å². The monoisotopic (exact) mass is 467 g/mol. The van der Waals surface area contributed by atoms with Gasteiger partial charge in [0.25, 0.3) is 0 Å². The number of aliphatic hydroxyl groups is 1. The molecule has 2 aromatic rings. The van der Waals surface area contributed by atoms with Crippen LogP contribution in [-0.4, -0.2) is 60.7 Å². The average Bonchev–Trinajstić information content (AvgIpc) is 2.88. The van der Waals surface area contributed by atoms with E-state index in [1.165, 1.54) is 0 Å². The third-order valence-electron chi connectivity index (χ3n) is 6.20. The summed E-state index contributed by atoms with van der Waals surface area (Å²) >= 11 is 0. The molecule has 2 aromatic carbocycles. The summed E-state index contributed by atoms with van der Waals surface area (Å²) in [6.45, 7) is 2.47. The number of piperidine rings is 1. The molecule has 3 N–H and O–H groups in total. The molecule has 0 radical (unpaired) electrons. The topological polar surface area (TPSA) is 90.9 Å². The average molecular weight is 468 g/mol. The number of hydrogen-bond acceptors (Lipinski definition) is 5. The molecule has 3 rings (SSSR count). The first kappa shape index (κ1) is 25.7. The molecule has 1 heterocycles. The molecule has 0 saturated carbocycles.